The first kappa shape index (κ1) is 16.9. The van der Waals surface area contributed by atoms with Gasteiger partial charge < -0.3 is 24.8 Å². The molecule has 6 nitrogen and oxygen atoms in total. The van der Waals surface area contributed by atoms with E-state index in [4.69, 9.17) is 9.84 Å². The van der Waals surface area contributed by atoms with Crippen LogP contribution in [-0.4, -0.2) is 45.6 Å². The van der Waals surface area contributed by atoms with E-state index in [0.717, 1.165) is 15.9 Å². The number of hydrogen-bond donors (Lipinski definition) is 3. The lowest BCUT2D eigenvalue weighted by atomic mass is 10.3. The molecule has 0 amide bonds. The van der Waals surface area contributed by atoms with Crippen molar-refractivity contribution < 1.29 is 14.9 Å². The second kappa shape index (κ2) is 8.25. The number of nitrogens with zero attached hydrogens (tertiary/aromatic N) is 2. The van der Waals surface area contributed by atoms with Crippen molar-refractivity contribution in [1.82, 2.24) is 9.55 Å². The van der Waals surface area contributed by atoms with E-state index in [9.17, 15) is 5.11 Å². The third-order valence-electron chi connectivity index (χ3n) is 3.58. The number of thiophene rings is 1. The van der Waals surface area contributed by atoms with Crippen molar-refractivity contribution in [2.75, 3.05) is 25.1 Å². The van der Waals surface area contributed by atoms with Gasteiger partial charge in [-0.15, -0.1) is 11.3 Å². The topological polar surface area (TPSA) is 79.5 Å². The molecule has 1 atom stereocenters. The van der Waals surface area contributed by atoms with Gasteiger partial charge in [0.25, 0.3) is 0 Å². The fourth-order valence-electron chi connectivity index (χ4n) is 2.52. The molecule has 3 N–H and O–H groups in total. The van der Waals surface area contributed by atoms with Crippen molar-refractivity contribution >= 4 is 28.3 Å². The van der Waals surface area contributed by atoms with Gasteiger partial charge in [-0.05, 0) is 23.6 Å². The summed E-state index contributed by atoms with van der Waals surface area (Å²) in [5, 5.41) is 24.4. The highest BCUT2D eigenvalue weighted by Gasteiger charge is 2.14. The highest BCUT2D eigenvalue weighted by Crippen LogP contribution is 2.20. The summed E-state index contributed by atoms with van der Waals surface area (Å²) in [6, 6.07) is 11.8. The van der Waals surface area contributed by atoms with Crippen LogP contribution >= 0.6 is 11.3 Å². The Morgan fingerprint density at radius 1 is 1.25 bits per heavy atom. The summed E-state index contributed by atoms with van der Waals surface area (Å²) in [6.45, 7) is 1.57. The van der Waals surface area contributed by atoms with Crippen molar-refractivity contribution in [3.05, 3.63) is 46.7 Å². The number of hydrogen-bond acceptors (Lipinski definition) is 6. The second-order valence-corrected chi connectivity index (χ2v) is 6.47. The van der Waals surface area contributed by atoms with Crippen molar-refractivity contribution in [3.8, 4) is 0 Å². The quantitative estimate of drug-likeness (QED) is 0.552. The molecular formula is C17H21N3O3S. The fourth-order valence-corrected chi connectivity index (χ4v) is 3.16. The summed E-state index contributed by atoms with van der Waals surface area (Å²) in [5.74, 6) is 0.641. The van der Waals surface area contributed by atoms with Gasteiger partial charge in [-0.2, -0.15) is 0 Å². The Kier molecular flexibility index (Phi) is 5.81. The first-order valence-electron chi connectivity index (χ1n) is 7.86. The van der Waals surface area contributed by atoms with Crippen LogP contribution in [0.25, 0.3) is 11.0 Å². The Hall–Kier alpha value is -1.93. The zero-order chi connectivity index (χ0) is 16.8. The maximum Gasteiger partial charge on any atom is 0.204 e. The molecule has 0 bridgehead atoms. The largest absolute Gasteiger partial charge is 0.395 e. The summed E-state index contributed by atoms with van der Waals surface area (Å²) in [4.78, 5) is 5.65. The first-order valence-corrected chi connectivity index (χ1v) is 8.74. The van der Waals surface area contributed by atoms with Crippen molar-refractivity contribution in [3.63, 3.8) is 0 Å². The van der Waals surface area contributed by atoms with E-state index < -0.39 is 6.10 Å². The highest BCUT2D eigenvalue weighted by atomic mass is 32.1. The number of ether oxygens (including phenoxy) is 1. The van der Waals surface area contributed by atoms with Gasteiger partial charge in [0.1, 0.15) is 0 Å². The van der Waals surface area contributed by atoms with Gasteiger partial charge in [0, 0.05) is 11.4 Å². The number of benzene rings is 1. The Balaban J connectivity index is 1.65. The number of rotatable bonds is 9. The van der Waals surface area contributed by atoms with Gasteiger partial charge in [0.05, 0.1) is 43.5 Å². The zero-order valence-electron chi connectivity index (χ0n) is 13.3. The van der Waals surface area contributed by atoms with Gasteiger partial charge in [-0.1, -0.05) is 18.2 Å². The standard InChI is InChI=1S/C17H21N3O3S/c21-8-7-18-17-19-15-5-1-2-6-16(15)20(17)10-13(22)11-23-12-14-4-3-9-24-14/h1-6,9,13,21-22H,7-8,10-12H2,(H,18,19). The monoisotopic (exact) mass is 347 g/mol. The van der Waals surface area contributed by atoms with E-state index in [0.29, 0.717) is 25.6 Å². The van der Waals surface area contributed by atoms with Gasteiger partial charge in [-0.3, -0.25) is 0 Å². The molecular weight excluding hydrogens is 326 g/mol. The number of aliphatic hydroxyl groups is 2. The Morgan fingerprint density at radius 2 is 2.12 bits per heavy atom. The maximum atomic E-state index is 10.3. The lowest BCUT2D eigenvalue weighted by Gasteiger charge is -2.15. The molecule has 3 rings (SSSR count). The zero-order valence-corrected chi connectivity index (χ0v) is 14.1. The van der Waals surface area contributed by atoms with Crippen LogP contribution in [0.5, 0.6) is 0 Å². The van der Waals surface area contributed by atoms with Crippen LogP contribution in [0, 0.1) is 0 Å². The molecule has 2 aromatic heterocycles. The third kappa shape index (κ3) is 4.12. The highest BCUT2D eigenvalue weighted by molar-refractivity contribution is 7.09. The van der Waals surface area contributed by atoms with E-state index in [-0.39, 0.29) is 13.2 Å². The summed E-state index contributed by atoms with van der Waals surface area (Å²) >= 11 is 1.64. The molecule has 2 heterocycles. The second-order valence-electron chi connectivity index (χ2n) is 5.43. The average Bonchev–Trinajstić information content (AvgIpc) is 3.21. The minimum Gasteiger partial charge on any atom is -0.395 e. The van der Waals surface area contributed by atoms with E-state index in [1.165, 1.54) is 0 Å². The van der Waals surface area contributed by atoms with E-state index in [1.807, 2.05) is 46.3 Å². The first-order chi connectivity index (χ1) is 11.8. The van der Waals surface area contributed by atoms with E-state index >= 15 is 0 Å². The summed E-state index contributed by atoms with van der Waals surface area (Å²) in [7, 11) is 0. The predicted molar refractivity (Wildman–Crippen MR) is 95.3 cm³/mol. The Bertz CT molecular complexity index is 758. The number of nitrogens with one attached hydrogen (secondary N) is 1. The Morgan fingerprint density at radius 3 is 2.92 bits per heavy atom. The van der Waals surface area contributed by atoms with E-state index in [1.54, 1.807) is 11.3 Å². The van der Waals surface area contributed by atoms with Gasteiger partial charge in [0.2, 0.25) is 5.95 Å². The molecule has 0 spiro atoms. The normalized spacial score (nSPS) is 12.6. The van der Waals surface area contributed by atoms with Gasteiger partial charge in [-0.25, -0.2) is 4.98 Å². The van der Waals surface area contributed by atoms with Crippen LogP contribution < -0.4 is 5.32 Å². The molecule has 128 valence electrons. The molecule has 3 aromatic rings. The lowest BCUT2D eigenvalue weighted by molar-refractivity contribution is 0.0220. The SMILES string of the molecule is OCCNc1nc2ccccc2n1CC(O)COCc1cccs1. The summed E-state index contributed by atoms with van der Waals surface area (Å²) in [5.41, 5.74) is 1.79. The molecule has 0 aliphatic heterocycles. The molecule has 0 aliphatic rings. The van der Waals surface area contributed by atoms with Crippen LogP contribution in [0.4, 0.5) is 5.95 Å². The van der Waals surface area contributed by atoms with Crippen LogP contribution in [-0.2, 0) is 17.9 Å². The Labute approximate surface area is 144 Å². The van der Waals surface area contributed by atoms with Crippen LogP contribution in [0.2, 0.25) is 0 Å². The number of aliphatic hydroxyl groups excluding tert-OH is 2. The molecule has 0 radical (unpaired) electrons. The molecule has 0 saturated carbocycles. The number of anilines is 1. The summed E-state index contributed by atoms with van der Waals surface area (Å²) in [6.07, 6.45) is -0.641. The van der Waals surface area contributed by atoms with Crippen LogP contribution in [0.15, 0.2) is 41.8 Å². The minimum absolute atomic E-state index is 0.0235. The van der Waals surface area contributed by atoms with Crippen molar-refractivity contribution in [2.45, 2.75) is 19.3 Å². The van der Waals surface area contributed by atoms with E-state index in [2.05, 4.69) is 10.3 Å². The molecule has 1 aromatic carbocycles. The van der Waals surface area contributed by atoms with Crippen molar-refractivity contribution in [2.24, 2.45) is 0 Å². The maximum absolute atomic E-state index is 10.3. The van der Waals surface area contributed by atoms with Gasteiger partial charge >= 0.3 is 0 Å². The number of aromatic nitrogens is 2. The molecule has 0 saturated heterocycles. The van der Waals surface area contributed by atoms with Crippen molar-refractivity contribution in [1.29, 1.82) is 0 Å². The average molecular weight is 347 g/mol. The number of para-hydroxylation sites is 2. The van der Waals surface area contributed by atoms with Gasteiger partial charge in [0.15, 0.2) is 0 Å². The summed E-state index contributed by atoms with van der Waals surface area (Å²) < 4.78 is 7.51. The third-order valence-corrected chi connectivity index (χ3v) is 4.43. The minimum atomic E-state index is -0.641. The number of imidazole rings is 1. The smallest absolute Gasteiger partial charge is 0.204 e. The molecule has 1 unspecified atom stereocenters. The molecule has 7 heteroatoms. The lowest BCUT2D eigenvalue weighted by Crippen LogP contribution is -2.23. The number of fused-ring (bicyclic) bond motifs is 1. The predicted octanol–water partition coefficient (Wildman–Crippen LogP) is 2.08. The molecule has 0 aliphatic carbocycles. The van der Waals surface area contributed by atoms with Crippen LogP contribution in [0.3, 0.4) is 0 Å². The molecule has 0 fully saturated rings. The van der Waals surface area contributed by atoms with Crippen LogP contribution in [0.1, 0.15) is 4.88 Å². The fraction of sp³-hybridized carbons (Fsp3) is 0.353. The molecule has 24 heavy (non-hydrogen) atoms.